The summed E-state index contributed by atoms with van der Waals surface area (Å²) in [6.07, 6.45) is 4.43. The van der Waals surface area contributed by atoms with Gasteiger partial charge in [-0.1, -0.05) is 34.1 Å². The Labute approximate surface area is 98.5 Å². The van der Waals surface area contributed by atoms with Gasteiger partial charge in [0, 0.05) is 0 Å². The zero-order chi connectivity index (χ0) is 12.2. The fourth-order valence-corrected chi connectivity index (χ4v) is 2.47. The van der Waals surface area contributed by atoms with Gasteiger partial charge in [0.25, 0.3) is 0 Å². The van der Waals surface area contributed by atoms with Crippen LogP contribution in [0.3, 0.4) is 0 Å². The molecular weight excluding hydrogens is 204 g/mol. The molecule has 0 spiro atoms. The van der Waals surface area contributed by atoms with Gasteiger partial charge in [-0.25, -0.2) is 4.79 Å². The Balaban J connectivity index is 2.59. The molecular formula is C13H24O3. The van der Waals surface area contributed by atoms with Gasteiger partial charge < -0.3 is 9.47 Å². The Kier molecular flexibility index (Phi) is 4.36. The molecule has 1 rings (SSSR count). The van der Waals surface area contributed by atoms with Crippen molar-refractivity contribution in [2.24, 2.45) is 0 Å². The van der Waals surface area contributed by atoms with E-state index in [1.807, 2.05) is 6.92 Å². The maximum absolute atomic E-state index is 12.0. The molecule has 1 fully saturated rings. The van der Waals surface area contributed by atoms with Gasteiger partial charge >= 0.3 is 5.97 Å². The van der Waals surface area contributed by atoms with E-state index in [9.17, 15) is 4.79 Å². The third-order valence-corrected chi connectivity index (χ3v) is 3.76. The summed E-state index contributed by atoms with van der Waals surface area (Å²) in [6.45, 7) is 8.73. The Morgan fingerprint density at radius 1 is 1.12 bits per heavy atom. The van der Waals surface area contributed by atoms with Crippen LogP contribution in [0.15, 0.2) is 0 Å². The first-order valence-corrected chi connectivity index (χ1v) is 6.49. The molecule has 0 saturated carbocycles. The van der Waals surface area contributed by atoms with Gasteiger partial charge in [-0.15, -0.1) is 0 Å². The summed E-state index contributed by atoms with van der Waals surface area (Å²) in [5, 5.41) is 0. The normalized spacial score (nSPS) is 26.5. The van der Waals surface area contributed by atoms with Crippen molar-refractivity contribution in [3.8, 4) is 0 Å². The topological polar surface area (TPSA) is 38.8 Å². The second-order valence-electron chi connectivity index (χ2n) is 4.47. The number of hydrogen-bond acceptors (Lipinski definition) is 3. The van der Waals surface area contributed by atoms with Crippen molar-refractivity contribution in [3.05, 3.63) is 0 Å². The van der Waals surface area contributed by atoms with E-state index in [0.29, 0.717) is 13.0 Å². The molecule has 0 aromatic carbocycles. The lowest BCUT2D eigenvalue weighted by Gasteiger charge is -2.15. The van der Waals surface area contributed by atoms with Gasteiger partial charge in [0.15, 0.2) is 5.60 Å². The molecule has 0 aromatic rings. The van der Waals surface area contributed by atoms with Crippen molar-refractivity contribution < 1.29 is 14.3 Å². The Morgan fingerprint density at radius 2 is 1.75 bits per heavy atom. The van der Waals surface area contributed by atoms with Crippen LogP contribution < -0.4 is 0 Å². The van der Waals surface area contributed by atoms with Crippen molar-refractivity contribution >= 4 is 5.97 Å². The van der Waals surface area contributed by atoms with Gasteiger partial charge in [0.05, 0.1) is 6.61 Å². The zero-order valence-electron chi connectivity index (χ0n) is 11.0. The molecule has 1 unspecified atom stereocenters. The molecule has 94 valence electrons. The smallest absolute Gasteiger partial charge is 0.341 e. The summed E-state index contributed by atoms with van der Waals surface area (Å²) in [5.41, 5.74) is -0.907. The van der Waals surface area contributed by atoms with Crippen LogP contribution in [-0.2, 0) is 14.3 Å². The summed E-state index contributed by atoms with van der Waals surface area (Å²) in [7, 11) is 0. The molecule has 1 heterocycles. The SMILES string of the molecule is CCCCOC(=O)C1(CC)OC1(CC)CC. The number of hydrogen-bond donors (Lipinski definition) is 0. The number of ether oxygens (including phenoxy) is 2. The molecule has 0 aliphatic carbocycles. The molecule has 3 heteroatoms. The average molecular weight is 228 g/mol. The fraction of sp³-hybridized carbons (Fsp3) is 0.923. The van der Waals surface area contributed by atoms with E-state index in [1.54, 1.807) is 0 Å². The first kappa shape index (κ1) is 13.5. The summed E-state index contributed by atoms with van der Waals surface area (Å²) in [6, 6.07) is 0. The predicted octanol–water partition coefficient (Wildman–Crippen LogP) is 3.07. The van der Waals surface area contributed by atoms with E-state index in [-0.39, 0.29) is 11.6 Å². The third-order valence-electron chi connectivity index (χ3n) is 3.76. The van der Waals surface area contributed by atoms with Crippen LogP contribution in [0.2, 0.25) is 0 Å². The van der Waals surface area contributed by atoms with Gasteiger partial charge in [-0.2, -0.15) is 0 Å². The van der Waals surface area contributed by atoms with Crippen molar-refractivity contribution in [1.29, 1.82) is 0 Å². The highest BCUT2D eigenvalue weighted by Crippen LogP contribution is 2.55. The lowest BCUT2D eigenvalue weighted by molar-refractivity contribution is -0.150. The maximum Gasteiger partial charge on any atom is 0.341 e. The number of carbonyl (C=O) groups is 1. The number of unbranched alkanes of at least 4 members (excludes halogenated alkanes) is 1. The Hall–Kier alpha value is -0.570. The number of carbonyl (C=O) groups excluding carboxylic acids is 1. The largest absolute Gasteiger partial charge is 0.463 e. The molecule has 0 aromatic heterocycles. The lowest BCUT2D eigenvalue weighted by atomic mass is 9.86. The van der Waals surface area contributed by atoms with Crippen molar-refractivity contribution in [2.45, 2.75) is 71.0 Å². The van der Waals surface area contributed by atoms with Crippen LogP contribution in [0.25, 0.3) is 0 Å². The fourth-order valence-electron chi connectivity index (χ4n) is 2.47. The Bertz CT molecular complexity index is 246. The van der Waals surface area contributed by atoms with Crippen LogP contribution in [0, 0.1) is 0 Å². The van der Waals surface area contributed by atoms with Crippen molar-refractivity contribution in [2.75, 3.05) is 6.61 Å². The molecule has 0 amide bonds. The van der Waals surface area contributed by atoms with Gasteiger partial charge in [0.2, 0.25) is 0 Å². The van der Waals surface area contributed by atoms with Crippen LogP contribution in [0.4, 0.5) is 0 Å². The summed E-state index contributed by atoms with van der Waals surface area (Å²) >= 11 is 0. The zero-order valence-corrected chi connectivity index (χ0v) is 11.0. The first-order valence-electron chi connectivity index (χ1n) is 6.49. The summed E-state index contributed by atoms with van der Waals surface area (Å²) in [4.78, 5) is 12.0. The number of epoxide rings is 1. The quantitative estimate of drug-likeness (QED) is 0.382. The van der Waals surface area contributed by atoms with Gasteiger partial charge in [-0.05, 0) is 25.7 Å². The van der Waals surface area contributed by atoms with E-state index in [2.05, 4.69) is 20.8 Å². The third kappa shape index (κ3) is 1.97. The monoisotopic (exact) mass is 228 g/mol. The van der Waals surface area contributed by atoms with Crippen molar-refractivity contribution in [1.82, 2.24) is 0 Å². The molecule has 0 radical (unpaired) electrons. The number of rotatable bonds is 7. The highest BCUT2D eigenvalue weighted by molar-refractivity contribution is 5.84. The predicted molar refractivity (Wildman–Crippen MR) is 63.3 cm³/mol. The molecule has 0 N–H and O–H groups in total. The second-order valence-corrected chi connectivity index (χ2v) is 4.47. The van der Waals surface area contributed by atoms with Gasteiger partial charge in [0.1, 0.15) is 5.60 Å². The molecule has 1 atom stereocenters. The minimum Gasteiger partial charge on any atom is -0.463 e. The highest BCUT2D eigenvalue weighted by Gasteiger charge is 2.72. The Morgan fingerprint density at radius 3 is 2.12 bits per heavy atom. The second kappa shape index (κ2) is 5.17. The molecule has 0 bridgehead atoms. The first-order chi connectivity index (χ1) is 7.62. The molecule has 1 aliphatic rings. The summed E-state index contributed by atoms with van der Waals surface area (Å²) in [5.74, 6) is -0.160. The van der Waals surface area contributed by atoms with Crippen LogP contribution in [0.1, 0.15) is 59.8 Å². The van der Waals surface area contributed by atoms with E-state index >= 15 is 0 Å². The van der Waals surface area contributed by atoms with Gasteiger partial charge in [-0.3, -0.25) is 0 Å². The van der Waals surface area contributed by atoms with E-state index in [0.717, 1.165) is 25.7 Å². The average Bonchev–Trinajstić information content (AvgIpc) is 3.00. The van der Waals surface area contributed by atoms with Crippen LogP contribution >= 0.6 is 0 Å². The maximum atomic E-state index is 12.0. The lowest BCUT2D eigenvalue weighted by Crippen LogP contribution is -2.35. The van der Waals surface area contributed by atoms with Crippen molar-refractivity contribution in [3.63, 3.8) is 0 Å². The minimum absolute atomic E-state index is 0.160. The van der Waals surface area contributed by atoms with E-state index in [4.69, 9.17) is 9.47 Å². The van der Waals surface area contributed by atoms with Crippen LogP contribution in [0.5, 0.6) is 0 Å². The highest BCUT2D eigenvalue weighted by atomic mass is 16.7. The van der Waals surface area contributed by atoms with E-state index in [1.165, 1.54) is 0 Å². The van der Waals surface area contributed by atoms with Crippen LogP contribution in [-0.4, -0.2) is 23.8 Å². The molecule has 16 heavy (non-hydrogen) atoms. The van der Waals surface area contributed by atoms with E-state index < -0.39 is 5.60 Å². The number of esters is 1. The summed E-state index contributed by atoms with van der Waals surface area (Å²) < 4.78 is 11.1. The molecule has 1 saturated heterocycles. The molecule has 1 aliphatic heterocycles. The minimum atomic E-state index is -0.649. The molecule has 3 nitrogen and oxygen atoms in total. The standard InChI is InChI=1S/C13H24O3/c1-5-9-10-15-11(14)13(8-4)12(6-2,7-3)16-13/h5-10H2,1-4H3.